The standard InChI is InChI=1S/C11H13NO4/c1-6-3-4-9(13)8(5-6)12-10(14)7(2)11(15)16/h3-5,7,13H,1-2H3,(H,12,14)(H,15,16). The molecule has 5 heteroatoms. The van der Waals surface area contributed by atoms with E-state index in [0.717, 1.165) is 5.56 Å². The van der Waals surface area contributed by atoms with E-state index in [1.54, 1.807) is 19.1 Å². The number of phenols is 1. The minimum Gasteiger partial charge on any atom is -0.506 e. The summed E-state index contributed by atoms with van der Waals surface area (Å²) in [6, 6.07) is 4.70. The average molecular weight is 223 g/mol. The van der Waals surface area contributed by atoms with Gasteiger partial charge in [-0.05, 0) is 31.5 Å². The number of phenolic OH excluding ortho intramolecular Hbond substituents is 1. The van der Waals surface area contributed by atoms with Crippen molar-refractivity contribution in [1.82, 2.24) is 0 Å². The Morgan fingerprint density at radius 3 is 2.56 bits per heavy atom. The number of nitrogens with one attached hydrogen (secondary N) is 1. The molecule has 0 saturated heterocycles. The summed E-state index contributed by atoms with van der Waals surface area (Å²) < 4.78 is 0. The first-order valence-corrected chi connectivity index (χ1v) is 4.75. The highest BCUT2D eigenvalue weighted by molar-refractivity contribution is 6.04. The first kappa shape index (κ1) is 12.0. The van der Waals surface area contributed by atoms with Crippen LogP contribution in [0.5, 0.6) is 5.75 Å². The number of carbonyl (C=O) groups is 2. The average Bonchev–Trinajstić information content (AvgIpc) is 2.22. The lowest BCUT2D eigenvalue weighted by Gasteiger charge is -2.10. The summed E-state index contributed by atoms with van der Waals surface area (Å²) in [4.78, 5) is 22.0. The molecule has 0 heterocycles. The molecule has 5 nitrogen and oxygen atoms in total. The number of hydrogen-bond acceptors (Lipinski definition) is 3. The maximum Gasteiger partial charge on any atom is 0.315 e. The monoisotopic (exact) mass is 223 g/mol. The van der Waals surface area contributed by atoms with E-state index < -0.39 is 17.8 Å². The molecule has 1 amide bonds. The predicted octanol–water partition coefficient (Wildman–Crippen LogP) is 1.36. The third-order valence-corrected chi connectivity index (χ3v) is 2.17. The van der Waals surface area contributed by atoms with Gasteiger partial charge in [0.15, 0.2) is 0 Å². The van der Waals surface area contributed by atoms with Crippen molar-refractivity contribution < 1.29 is 19.8 Å². The number of benzene rings is 1. The highest BCUT2D eigenvalue weighted by atomic mass is 16.4. The van der Waals surface area contributed by atoms with Crippen molar-refractivity contribution in [3.05, 3.63) is 23.8 Å². The fraction of sp³-hybridized carbons (Fsp3) is 0.273. The van der Waals surface area contributed by atoms with Crippen molar-refractivity contribution in [3.63, 3.8) is 0 Å². The summed E-state index contributed by atoms with van der Waals surface area (Å²) in [7, 11) is 0. The molecule has 0 bridgehead atoms. The lowest BCUT2D eigenvalue weighted by molar-refractivity contribution is -0.144. The highest BCUT2D eigenvalue weighted by Crippen LogP contribution is 2.24. The van der Waals surface area contributed by atoms with Gasteiger partial charge in [-0.1, -0.05) is 6.07 Å². The lowest BCUT2D eigenvalue weighted by Crippen LogP contribution is -2.26. The summed E-state index contributed by atoms with van der Waals surface area (Å²) in [6.07, 6.45) is 0. The summed E-state index contributed by atoms with van der Waals surface area (Å²) >= 11 is 0. The van der Waals surface area contributed by atoms with Gasteiger partial charge in [-0.25, -0.2) is 0 Å². The number of carboxylic acid groups (broad SMARTS) is 1. The largest absolute Gasteiger partial charge is 0.506 e. The molecule has 0 aliphatic rings. The summed E-state index contributed by atoms with van der Waals surface area (Å²) in [6.45, 7) is 3.08. The number of carboxylic acids is 1. The summed E-state index contributed by atoms with van der Waals surface area (Å²) in [5.41, 5.74) is 1.08. The molecule has 1 rings (SSSR count). The number of aryl methyl sites for hydroxylation is 1. The molecule has 0 saturated carbocycles. The lowest BCUT2D eigenvalue weighted by atomic mass is 10.1. The Morgan fingerprint density at radius 1 is 1.38 bits per heavy atom. The predicted molar refractivity (Wildman–Crippen MR) is 58.3 cm³/mol. The normalized spacial score (nSPS) is 11.9. The number of anilines is 1. The molecule has 0 aromatic heterocycles. The molecule has 3 N–H and O–H groups in total. The van der Waals surface area contributed by atoms with E-state index in [1.807, 2.05) is 0 Å². The fourth-order valence-electron chi connectivity index (χ4n) is 1.10. The van der Waals surface area contributed by atoms with Crippen LogP contribution in [0.4, 0.5) is 5.69 Å². The van der Waals surface area contributed by atoms with Crippen molar-refractivity contribution >= 4 is 17.6 Å². The quantitative estimate of drug-likeness (QED) is 0.533. The van der Waals surface area contributed by atoms with Crippen LogP contribution < -0.4 is 5.32 Å². The molecule has 0 radical (unpaired) electrons. The number of rotatable bonds is 3. The van der Waals surface area contributed by atoms with Gasteiger partial charge in [0.2, 0.25) is 5.91 Å². The SMILES string of the molecule is Cc1ccc(O)c(NC(=O)C(C)C(=O)O)c1. The van der Waals surface area contributed by atoms with Crippen LogP contribution in [0, 0.1) is 12.8 Å². The van der Waals surface area contributed by atoms with Crippen molar-refractivity contribution in [2.45, 2.75) is 13.8 Å². The van der Waals surface area contributed by atoms with Crippen molar-refractivity contribution in [3.8, 4) is 5.75 Å². The molecule has 16 heavy (non-hydrogen) atoms. The van der Waals surface area contributed by atoms with Gasteiger partial charge in [-0.15, -0.1) is 0 Å². The van der Waals surface area contributed by atoms with Crippen LogP contribution in [0.3, 0.4) is 0 Å². The Bertz CT molecular complexity index is 428. The maximum atomic E-state index is 11.4. The number of carbonyl (C=O) groups excluding carboxylic acids is 1. The third-order valence-electron chi connectivity index (χ3n) is 2.17. The molecule has 86 valence electrons. The summed E-state index contributed by atoms with van der Waals surface area (Å²) in [5, 5.41) is 20.4. The Kier molecular flexibility index (Phi) is 3.50. The first-order chi connectivity index (χ1) is 7.41. The van der Waals surface area contributed by atoms with Gasteiger partial charge in [-0.3, -0.25) is 9.59 Å². The van der Waals surface area contributed by atoms with Crippen LogP contribution in [0.15, 0.2) is 18.2 Å². The molecular weight excluding hydrogens is 210 g/mol. The Balaban J connectivity index is 2.84. The first-order valence-electron chi connectivity index (χ1n) is 4.75. The zero-order chi connectivity index (χ0) is 12.3. The second kappa shape index (κ2) is 4.65. The van der Waals surface area contributed by atoms with E-state index in [0.29, 0.717) is 0 Å². The second-order valence-electron chi connectivity index (χ2n) is 3.57. The van der Waals surface area contributed by atoms with Gasteiger partial charge in [0.25, 0.3) is 0 Å². The molecule has 0 spiro atoms. The van der Waals surface area contributed by atoms with Crippen LogP contribution in [-0.4, -0.2) is 22.1 Å². The van der Waals surface area contributed by atoms with E-state index >= 15 is 0 Å². The van der Waals surface area contributed by atoms with Crippen molar-refractivity contribution in [2.75, 3.05) is 5.32 Å². The van der Waals surface area contributed by atoms with Crippen LogP contribution in [0.25, 0.3) is 0 Å². The molecular formula is C11H13NO4. The van der Waals surface area contributed by atoms with E-state index in [1.165, 1.54) is 13.0 Å². The number of amides is 1. The van der Waals surface area contributed by atoms with E-state index in [2.05, 4.69) is 5.32 Å². The molecule has 1 aromatic carbocycles. The molecule has 0 aliphatic carbocycles. The molecule has 1 unspecified atom stereocenters. The number of aliphatic carboxylic acids is 1. The minimum atomic E-state index is -1.20. The molecule has 0 aliphatic heterocycles. The summed E-state index contributed by atoms with van der Waals surface area (Å²) in [5.74, 6) is -3.10. The Hall–Kier alpha value is -2.04. The zero-order valence-corrected chi connectivity index (χ0v) is 9.02. The van der Waals surface area contributed by atoms with Crippen molar-refractivity contribution in [1.29, 1.82) is 0 Å². The second-order valence-corrected chi connectivity index (χ2v) is 3.57. The maximum absolute atomic E-state index is 11.4. The minimum absolute atomic E-state index is 0.0865. The van der Waals surface area contributed by atoms with E-state index in [-0.39, 0.29) is 11.4 Å². The smallest absolute Gasteiger partial charge is 0.315 e. The fourth-order valence-corrected chi connectivity index (χ4v) is 1.10. The van der Waals surface area contributed by atoms with Gasteiger partial charge in [0.05, 0.1) is 5.69 Å². The number of aromatic hydroxyl groups is 1. The van der Waals surface area contributed by atoms with E-state index in [4.69, 9.17) is 5.11 Å². The van der Waals surface area contributed by atoms with Gasteiger partial charge in [0.1, 0.15) is 11.7 Å². The zero-order valence-electron chi connectivity index (χ0n) is 9.02. The van der Waals surface area contributed by atoms with Gasteiger partial charge >= 0.3 is 5.97 Å². The van der Waals surface area contributed by atoms with Gasteiger partial charge < -0.3 is 15.5 Å². The molecule has 0 fully saturated rings. The molecule has 1 atom stereocenters. The van der Waals surface area contributed by atoms with E-state index in [9.17, 15) is 14.7 Å². The highest BCUT2D eigenvalue weighted by Gasteiger charge is 2.21. The molecule has 1 aromatic rings. The number of hydrogen-bond donors (Lipinski definition) is 3. The van der Waals surface area contributed by atoms with Crippen LogP contribution in [0.2, 0.25) is 0 Å². The van der Waals surface area contributed by atoms with Crippen LogP contribution >= 0.6 is 0 Å². The van der Waals surface area contributed by atoms with Gasteiger partial charge in [-0.2, -0.15) is 0 Å². The topological polar surface area (TPSA) is 86.6 Å². The van der Waals surface area contributed by atoms with Gasteiger partial charge in [0, 0.05) is 0 Å². The Morgan fingerprint density at radius 2 is 2.00 bits per heavy atom. The van der Waals surface area contributed by atoms with Crippen molar-refractivity contribution in [2.24, 2.45) is 5.92 Å². The van der Waals surface area contributed by atoms with Crippen LogP contribution in [0.1, 0.15) is 12.5 Å². The Labute approximate surface area is 92.7 Å². The van der Waals surface area contributed by atoms with Crippen LogP contribution in [-0.2, 0) is 9.59 Å². The third kappa shape index (κ3) is 2.73.